The van der Waals surface area contributed by atoms with Crippen LogP contribution in [0.4, 0.5) is 5.69 Å². The van der Waals surface area contributed by atoms with Crippen molar-refractivity contribution >= 4 is 27.3 Å². The molecule has 0 atom stereocenters. The van der Waals surface area contributed by atoms with Crippen LogP contribution in [0.2, 0.25) is 5.02 Å². The van der Waals surface area contributed by atoms with E-state index in [1.165, 1.54) is 36.5 Å². The van der Waals surface area contributed by atoms with E-state index in [2.05, 4.69) is 9.71 Å². The number of pyridine rings is 1. The van der Waals surface area contributed by atoms with Gasteiger partial charge in [-0.15, -0.1) is 0 Å². The molecule has 2 aromatic rings. The van der Waals surface area contributed by atoms with Gasteiger partial charge in [0, 0.05) is 17.3 Å². The molecular formula is C12H8ClN3O3S. The molecule has 1 aromatic carbocycles. The summed E-state index contributed by atoms with van der Waals surface area (Å²) in [5, 5.41) is 18.8. The van der Waals surface area contributed by atoms with Crippen molar-refractivity contribution in [2.75, 3.05) is 4.72 Å². The molecule has 0 aliphatic heterocycles. The molecule has 0 unspecified atom stereocenters. The smallest absolute Gasteiger partial charge is 0.264 e. The van der Waals surface area contributed by atoms with Crippen molar-refractivity contribution in [1.82, 2.24) is 4.98 Å². The van der Waals surface area contributed by atoms with E-state index in [1.807, 2.05) is 0 Å². The minimum absolute atomic E-state index is 0.0397. The van der Waals surface area contributed by atoms with Crippen molar-refractivity contribution < 1.29 is 13.5 Å². The Labute approximate surface area is 120 Å². The molecular weight excluding hydrogens is 302 g/mol. The highest BCUT2D eigenvalue weighted by Crippen LogP contribution is 2.29. The number of sulfonamides is 1. The predicted octanol–water partition coefficient (Wildman–Crippen LogP) is 2.11. The van der Waals surface area contributed by atoms with Gasteiger partial charge < -0.3 is 5.11 Å². The van der Waals surface area contributed by atoms with Crippen molar-refractivity contribution in [3.8, 4) is 11.8 Å². The monoisotopic (exact) mass is 309 g/mol. The van der Waals surface area contributed by atoms with Gasteiger partial charge in [0.1, 0.15) is 16.7 Å². The number of hydrogen-bond acceptors (Lipinski definition) is 5. The highest BCUT2D eigenvalue weighted by Gasteiger charge is 2.20. The maximum atomic E-state index is 12.2. The summed E-state index contributed by atoms with van der Waals surface area (Å²) in [5.41, 5.74) is -0.268. The molecule has 0 aliphatic rings. The van der Waals surface area contributed by atoms with Crippen LogP contribution in [-0.4, -0.2) is 18.5 Å². The molecule has 0 saturated carbocycles. The molecule has 2 rings (SSSR count). The first-order chi connectivity index (χ1) is 9.44. The van der Waals surface area contributed by atoms with Gasteiger partial charge in [-0.25, -0.2) is 13.4 Å². The number of aromatic nitrogens is 1. The van der Waals surface area contributed by atoms with Gasteiger partial charge in [-0.2, -0.15) is 5.26 Å². The zero-order valence-electron chi connectivity index (χ0n) is 9.91. The molecule has 1 aromatic heterocycles. The van der Waals surface area contributed by atoms with Crippen LogP contribution in [0.25, 0.3) is 0 Å². The minimum Gasteiger partial charge on any atom is -0.506 e. The van der Waals surface area contributed by atoms with Crippen molar-refractivity contribution in [2.24, 2.45) is 0 Å². The fraction of sp³-hybridized carbons (Fsp3) is 0. The number of nitrogens with zero attached hydrogens (tertiary/aromatic N) is 2. The van der Waals surface area contributed by atoms with Crippen molar-refractivity contribution in [2.45, 2.75) is 4.90 Å². The van der Waals surface area contributed by atoms with Gasteiger partial charge in [-0.3, -0.25) is 4.72 Å². The number of hydrogen-bond donors (Lipinski definition) is 2. The summed E-state index contributed by atoms with van der Waals surface area (Å²) in [4.78, 5) is 3.41. The van der Waals surface area contributed by atoms with Crippen LogP contribution in [0.3, 0.4) is 0 Å². The Kier molecular flexibility index (Phi) is 3.79. The summed E-state index contributed by atoms with van der Waals surface area (Å²) in [6.07, 6.45) is 1.32. The van der Waals surface area contributed by atoms with Crippen LogP contribution in [0.5, 0.6) is 5.75 Å². The highest BCUT2D eigenvalue weighted by atomic mass is 35.5. The normalized spacial score (nSPS) is 10.8. The fourth-order valence-corrected chi connectivity index (χ4v) is 2.83. The Hall–Kier alpha value is -2.30. The van der Waals surface area contributed by atoms with Crippen LogP contribution in [0.15, 0.2) is 41.4 Å². The summed E-state index contributed by atoms with van der Waals surface area (Å²) >= 11 is 5.66. The standard InChI is InChI=1S/C12H8ClN3O3S/c13-8-3-4-9(11(17)6-8)16-20(18,19)12-2-1-5-15-10(12)7-14/h1-6,16-17H. The third-order valence-electron chi connectivity index (χ3n) is 2.37. The van der Waals surface area contributed by atoms with E-state index in [-0.39, 0.29) is 27.0 Å². The SMILES string of the molecule is N#Cc1ncccc1S(=O)(=O)Nc1ccc(Cl)cc1O. The third kappa shape index (κ3) is 2.82. The molecule has 0 radical (unpaired) electrons. The number of benzene rings is 1. The van der Waals surface area contributed by atoms with Crippen LogP contribution < -0.4 is 4.72 Å². The number of rotatable bonds is 3. The van der Waals surface area contributed by atoms with Gasteiger partial charge in [0.2, 0.25) is 0 Å². The predicted molar refractivity (Wildman–Crippen MR) is 72.9 cm³/mol. The Morgan fingerprint density at radius 3 is 2.75 bits per heavy atom. The average Bonchev–Trinajstić information content (AvgIpc) is 2.42. The maximum absolute atomic E-state index is 12.2. The largest absolute Gasteiger partial charge is 0.506 e. The lowest BCUT2D eigenvalue weighted by atomic mass is 10.3. The lowest BCUT2D eigenvalue weighted by Crippen LogP contribution is -2.15. The van der Waals surface area contributed by atoms with E-state index in [4.69, 9.17) is 16.9 Å². The number of phenols is 1. The summed E-state index contributed by atoms with van der Waals surface area (Å²) in [6, 6.07) is 8.29. The molecule has 102 valence electrons. The maximum Gasteiger partial charge on any atom is 0.264 e. The van der Waals surface area contributed by atoms with E-state index in [0.29, 0.717) is 0 Å². The molecule has 2 N–H and O–H groups in total. The average molecular weight is 310 g/mol. The lowest BCUT2D eigenvalue weighted by molar-refractivity contribution is 0.477. The Balaban J connectivity index is 2.44. The minimum atomic E-state index is -4.03. The van der Waals surface area contributed by atoms with Gasteiger partial charge in [-0.05, 0) is 24.3 Å². The zero-order valence-corrected chi connectivity index (χ0v) is 11.5. The number of nitrogens with one attached hydrogen (secondary N) is 1. The topological polar surface area (TPSA) is 103 Å². The second kappa shape index (κ2) is 5.36. The van der Waals surface area contributed by atoms with Gasteiger partial charge in [-0.1, -0.05) is 11.6 Å². The summed E-state index contributed by atoms with van der Waals surface area (Å²) in [7, 11) is -4.03. The lowest BCUT2D eigenvalue weighted by Gasteiger charge is -2.10. The van der Waals surface area contributed by atoms with Gasteiger partial charge in [0.05, 0.1) is 5.69 Å². The molecule has 8 heteroatoms. The number of phenolic OH excluding ortho intramolecular Hbond substituents is 1. The van der Waals surface area contributed by atoms with E-state index in [0.717, 1.165) is 0 Å². The van der Waals surface area contributed by atoms with E-state index < -0.39 is 10.0 Å². The number of anilines is 1. The van der Waals surface area contributed by atoms with Gasteiger partial charge in [0.25, 0.3) is 10.0 Å². The first-order valence-electron chi connectivity index (χ1n) is 5.30. The molecule has 1 heterocycles. The van der Waals surface area contributed by atoms with Crippen molar-refractivity contribution in [1.29, 1.82) is 5.26 Å². The molecule has 0 fully saturated rings. The molecule has 0 aliphatic carbocycles. The molecule has 0 saturated heterocycles. The van der Waals surface area contributed by atoms with Crippen LogP contribution in [0.1, 0.15) is 5.69 Å². The highest BCUT2D eigenvalue weighted by molar-refractivity contribution is 7.92. The number of halogens is 1. The Bertz CT molecular complexity index is 800. The number of nitriles is 1. The first-order valence-corrected chi connectivity index (χ1v) is 7.16. The van der Waals surface area contributed by atoms with Crippen LogP contribution in [-0.2, 0) is 10.0 Å². The summed E-state index contributed by atoms with van der Waals surface area (Å²) in [6.45, 7) is 0. The van der Waals surface area contributed by atoms with Crippen LogP contribution in [0, 0.1) is 11.3 Å². The van der Waals surface area contributed by atoms with Gasteiger partial charge >= 0.3 is 0 Å². The Morgan fingerprint density at radius 1 is 1.35 bits per heavy atom. The summed E-state index contributed by atoms with van der Waals surface area (Å²) < 4.78 is 26.5. The molecule has 20 heavy (non-hydrogen) atoms. The quantitative estimate of drug-likeness (QED) is 0.845. The first kappa shape index (κ1) is 14.1. The van der Waals surface area contributed by atoms with Crippen molar-refractivity contribution in [3.05, 3.63) is 47.2 Å². The van der Waals surface area contributed by atoms with Crippen LogP contribution >= 0.6 is 11.6 Å². The zero-order chi connectivity index (χ0) is 14.8. The Morgan fingerprint density at radius 2 is 2.10 bits per heavy atom. The van der Waals surface area contributed by atoms with Gasteiger partial charge in [0.15, 0.2) is 5.69 Å². The second-order valence-corrected chi connectivity index (χ2v) is 5.82. The molecule has 6 nitrogen and oxygen atoms in total. The molecule has 0 amide bonds. The third-order valence-corrected chi connectivity index (χ3v) is 4.00. The van der Waals surface area contributed by atoms with E-state index in [9.17, 15) is 13.5 Å². The molecule has 0 bridgehead atoms. The molecule has 0 spiro atoms. The van der Waals surface area contributed by atoms with E-state index >= 15 is 0 Å². The van der Waals surface area contributed by atoms with Crippen molar-refractivity contribution in [3.63, 3.8) is 0 Å². The summed E-state index contributed by atoms with van der Waals surface area (Å²) in [5.74, 6) is -0.316. The van der Waals surface area contributed by atoms with E-state index in [1.54, 1.807) is 6.07 Å². The number of aromatic hydroxyl groups is 1. The second-order valence-electron chi connectivity index (χ2n) is 3.73. The fourth-order valence-electron chi connectivity index (χ4n) is 1.48.